The van der Waals surface area contributed by atoms with Crippen molar-refractivity contribution in [3.8, 4) is 0 Å². The SMILES string of the molecule is C=C=C1OC(=O)N(C(O)NC(C)(C)CC(C)(C)CC)C1C1=CC=CC(C)(C)C=C1. The molecule has 5 nitrogen and oxygen atoms in total. The molecule has 2 aliphatic rings. The minimum atomic E-state index is -1.21. The van der Waals surface area contributed by atoms with Crippen molar-refractivity contribution < 1.29 is 14.6 Å². The Bertz CT molecular complexity index is 780. The van der Waals surface area contributed by atoms with Crippen LogP contribution in [0.15, 0.2) is 54.0 Å². The molecule has 1 fully saturated rings. The molecular formula is C24H36N2O3. The molecule has 0 aromatic heterocycles. The molecule has 1 amide bonds. The van der Waals surface area contributed by atoms with E-state index in [1.165, 1.54) is 4.90 Å². The lowest BCUT2D eigenvalue weighted by Crippen LogP contribution is -2.57. The highest BCUT2D eigenvalue weighted by Crippen LogP contribution is 2.35. The zero-order valence-electron chi connectivity index (χ0n) is 18.9. The second-order valence-electron chi connectivity index (χ2n) is 10.00. The smallest absolute Gasteiger partial charge is 0.403 e. The Morgan fingerprint density at radius 2 is 2.00 bits per heavy atom. The fraction of sp³-hybridized carbons (Fsp3) is 0.583. The van der Waals surface area contributed by atoms with Gasteiger partial charge in [0.1, 0.15) is 6.04 Å². The zero-order chi connectivity index (χ0) is 22.0. The van der Waals surface area contributed by atoms with Crippen molar-refractivity contribution in [1.29, 1.82) is 0 Å². The van der Waals surface area contributed by atoms with E-state index in [2.05, 4.69) is 64.4 Å². The molecule has 0 bridgehead atoms. The average molecular weight is 401 g/mol. The van der Waals surface area contributed by atoms with E-state index >= 15 is 0 Å². The van der Waals surface area contributed by atoms with Crippen molar-refractivity contribution in [1.82, 2.24) is 10.2 Å². The lowest BCUT2D eigenvalue weighted by atomic mass is 9.78. The van der Waals surface area contributed by atoms with Crippen molar-refractivity contribution in [2.45, 2.75) is 79.2 Å². The van der Waals surface area contributed by atoms with Crippen LogP contribution in [-0.4, -0.2) is 34.0 Å². The average Bonchev–Trinajstić information content (AvgIpc) is 2.81. The van der Waals surface area contributed by atoms with Crippen molar-refractivity contribution in [3.05, 3.63) is 54.0 Å². The maximum Gasteiger partial charge on any atom is 0.419 e. The third-order valence-electron chi connectivity index (χ3n) is 5.61. The van der Waals surface area contributed by atoms with Gasteiger partial charge in [0.15, 0.2) is 12.1 Å². The van der Waals surface area contributed by atoms with Crippen LogP contribution < -0.4 is 5.32 Å². The van der Waals surface area contributed by atoms with Gasteiger partial charge in [0.2, 0.25) is 0 Å². The molecule has 1 aliphatic heterocycles. The molecule has 0 aromatic carbocycles. The number of ether oxygens (including phenoxy) is 1. The zero-order valence-corrected chi connectivity index (χ0v) is 18.9. The standard InChI is InChI=1S/C24H36N2O3/c1-9-18-19(17-12-11-14-23(5,6)15-13-17)26(21(28)29-18)20(27)25-24(7,8)16-22(3,4)10-2/h11-15,19-20,25,27H,1,10,16H2,2-8H3. The Hall–Kier alpha value is -2.07. The number of aliphatic hydroxyl groups excluding tert-OH is 1. The number of amides is 1. The first-order valence-corrected chi connectivity index (χ1v) is 10.3. The van der Waals surface area contributed by atoms with Crippen LogP contribution in [0.4, 0.5) is 4.79 Å². The quantitative estimate of drug-likeness (QED) is 0.465. The minimum Gasteiger partial charge on any atom is -0.403 e. The summed E-state index contributed by atoms with van der Waals surface area (Å²) in [5.41, 5.74) is 3.17. The van der Waals surface area contributed by atoms with Crippen molar-refractivity contribution >= 4 is 6.09 Å². The van der Waals surface area contributed by atoms with Gasteiger partial charge >= 0.3 is 6.09 Å². The van der Waals surface area contributed by atoms with E-state index < -0.39 is 18.5 Å². The van der Waals surface area contributed by atoms with Crippen molar-refractivity contribution in [2.24, 2.45) is 10.8 Å². The summed E-state index contributed by atoms with van der Waals surface area (Å²) in [6, 6.07) is -0.590. The van der Waals surface area contributed by atoms with Crippen LogP contribution in [0.2, 0.25) is 0 Å². The van der Waals surface area contributed by atoms with E-state index in [4.69, 9.17) is 4.74 Å². The first-order chi connectivity index (χ1) is 13.3. The first-order valence-electron chi connectivity index (χ1n) is 10.3. The Labute approximate surface area is 175 Å². The van der Waals surface area contributed by atoms with Gasteiger partial charge in [-0.25, -0.2) is 4.79 Å². The fourth-order valence-electron chi connectivity index (χ4n) is 3.92. The maximum atomic E-state index is 12.6. The number of nitrogens with zero attached hydrogens (tertiary/aromatic N) is 1. The van der Waals surface area contributed by atoms with Crippen LogP contribution in [0.1, 0.15) is 61.3 Å². The number of hydrogen-bond donors (Lipinski definition) is 2. The molecule has 1 aliphatic carbocycles. The number of cyclic esters (lactones) is 1. The summed E-state index contributed by atoms with van der Waals surface area (Å²) in [6.07, 6.45) is 10.0. The van der Waals surface area contributed by atoms with E-state index in [1.807, 2.05) is 32.1 Å². The van der Waals surface area contributed by atoms with Crippen LogP contribution >= 0.6 is 0 Å². The Morgan fingerprint density at radius 3 is 2.59 bits per heavy atom. The normalized spacial score (nSPS) is 22.8. The molecule has 0 saturated carbocycles. The fourth-order valence-corrected chi connectivity index (χ4v) is 3.92. The van der Waals surface area contributed by atoms with Gasteiger partial charge < -0.3 is 9.84 Å². The summed E-state index contributed by atoms with van der Waals surface area (Å²) < 4.78 is 5.37. The summed E-state index contributed by atoms with van der Waals surface area (Å²) in [7, 11) is 0. The molecular weight excluding hydrogens is 364 g/mol. The molecule has 29 heavy (non-hydrogen) atoms. The van der Waals surface area contributed by atoms with Gasteiger partial charge in [-0.05, 0) is 31.3 Å². The second-order valence-corrected chi connectivity index (χ2v) is 10.00. The van der Waals surface area contributed by atoms with E-state index in [0.29, 0.717) is 5.76 Å². The van der Waals surface area contributed by atoms with E-state index in [0.717, 1.165) is 18.4 Å². The monoisotopic (exact) mass is 400 g/mol. The number of allylic oxidation sites excluding steroid dienone is 4. The van der Waals surface area contributed by atoms with Gasteiger partial charge in [0, 0.05) is 11.0 Å². The minimum absolute atomic E-state index is 0.102. The number of rotatable bonds is 7. The lowest BCUT2D eigenvalue weighted by molar-refractivity contribution is -0.0247. The van der Waals surface area contributed by atoms with E-state index in [9.17, 15) is 9.90 Å². The summed E-state index contributed by atoms with van der Waals surface area (Å²) in [5.74, 6) is 0.298. The van der Waals surface area contributed by atoms with Crippen molar-refractivity contribution in [2.75, 3.05) is 0 Å². The predicted octanol–water partition coefficient (Wildman–Crippen LogP) is 5.03. The largest absolute Gasteiger partial charge is 0.419 e. The summed E-state index contributed by atoms with van der Waals surface area (Å²) in [6.45, 7) is 18.5. The molecule has 5 heteroatoms. The molecule has 2 N–H and O–H groups in total. The summed E-state index contributed by atoms with van der Waals surface area (Å²) >= 11 is 0. The third kappa shape index (κ3) is 5.72. The second kappa shape index (κ2) is 8.35. The molecule has 0 radical (unpaired) electrons. The highest BCUT2D eigenvalue weighted by molar-refractivity contribution is 5.75. The molecule has 2 unspecified atom stereocenters. The number of nitrogens with one attached hydrogen (secondary N) is 1. The molecule has 0 aromatic rings. The first kappa shape index (κ1) is 23.2. The van der Waals surface area contributed by atoms with Gasteiger partial charge in [-0.2, -0.15) is 0 Å². The van der Waals surface area contributed by atoms with Crippen LogP contribution in [0.3, 0.4) is 0 Å². The Morgan fingerprint density at radius 1 is 1.34 bits per heavy atom. The molecule has 1 saturated heterocycles. The molecule has 160 valence electrons. The van der Waals surface area contributed by atoms with Gasteiger partial charge in [-0.3, -0.25) is 10.2 Å². The topological polar surface area (TPSA) is 61.8 Å². The van der Waals surface area contributed by atoms with E-state index in [-0.39, 0.29) is 16.4 Å². The molecule has 0 spiro atoms. The van der Waals surface area contributed by atoms with Crippen LogP contribution in [0.25, 0.3) is 0 Å². The number of carbonyl (C=O) groups excluding carboxylic acids is 1. The van der Waals surface area contributed by atoms with Crippen LogP contribution in [-0.2, 0) is 4.74 Å². The third-order valence-corrected chi connectivity index (χ3v) is 5.61. The Balaban J connectivity index is 2.32. The van der Waals surface area contributed by atoms with Crippen LogP contribution in [0, 0.1) is 10.8 Å². The number of hydrogen-bond acceptors (Lipinski definition) is 4. The van der Waals surface area contributed by atoms with Crippen molar-refractivity contribution in [3.63, 3.8) is 0 Å². The van der Waals surface area contributed by atoms with Gasteiger partial charge in [0.25, 0.3) is 0 Å². The highest BCUT2D eigenvalue weighted by atomic mass is 16.6. The van der Waals surface area contributed by atoms with Crippen LogP contribution in [0.5, 0.6) is 0 Å². The molecule has 2 atom stereocenters. The van der Waals surface area contributed by atoms with Gasteiger partial charge in [-0.1, -0.05) is 83.7 Å². The predicted molar refractivity (Wildman–Crippen MR) is 117 cm³/mol. The van der Waals surface area contributed by atoms with E-state index in [1.54, 1.807) is 0 Å². The molecule has 1 heterocycles. The molecule has 2 rings (SSSR count). The number of carbonyl (C=O) groups is 1. The van der Waals surface area contributed by atoms with Gasteiger partial charge in [-0.15, -0.1) is 0 Å². The lowest BCUT2D eigenvalue weighted by Gasteiger charge is -2.39. The summed E-state index contributed by atoms with van der Waals surface area (Å²) in [4.78, 5) is 13.9. The highest BCUT2D eigenvalue weighted by Gasteiger charge is 2.45. The van der Waals surface area contributed by atoms with Gasteiger partial charge in [0.05, 0.1) is 0 Å². The maximum absolute atomic E-state index is 12.6. The summed E-state index contributed by atoms with van der Waals surface area (Å²) in [5, 5.41) is 14.2. The number of aliphatic hydroxyl groups is 1. The Kier molecular flexibility index (Phi) is 6.68.